The monoisotopic (exact) mass is 857 g/mol. The van der Waals surface area contributed by atoms with Crippen LogP contribution in [0.5, 0.6) is 0 Å². The van der Waals surface area contributed by atoms with E-state index in [0.717, 1.165) is 0 Å². The van der Waals surface area contributed by atoms with E-state index in [1.54, 1.807) is 0 Å². The number of aryl methyl sites for hydroxylation is 12. The van der Waals surface area contributed by atoms with Crippen molar-refractivity contribution in [3.05, 3.63) is 256 Å². The molecule has 0 N–H and O–H groups in total. The van der Waals surface area contributed by atoms with E-state index in [1.165, 1.54) is 144 Å². The van der Waals surface area contributed by atoms with Crippen molar-refractivity contribution in [2.45, 2.75) is 83.1 Å². The minimum absolute atomic E-state index is 1.17. The second-order valence-corrected chi connectivity index (χ2v) is 19.0. The van der Waals surface area contributed by atoms with Crippen LogP contribution in [-0.2, 0) is 0 Å². The molecular weight excluding hydrogens is 793 g/mol. The summed E-state index contributed by atoms with van der Waals surface area (Å²) < 4.78 is 0. The van der Waals surface area contributed by atoms with E-state index in [4.69, 9.17) is 0 Å². The smallest absolute Gasteiger partial charge is 0.00948 e. The predicted molar refractivity (Wildman–Crippen MR) is 291 cm³/mol. The maximum atomic E-state index is 2.38. The summed E-state index contributed by atoms with van der Waals surface area (Å²) in [6.45, 7) is 26.7. The third-order valence-corrected chi connectivity index (χ3v) is 13.1. The predicted octanol–water partition coefficient (Wildman–Crippen LogP) is 18.1. The minimum atomic E-state index is 1.17. The molecule has 66 heavy (non-hydrogen) atoms. The van der Waals surface area contributed by atoms with Crippen molar-refractivity contribution in [3.63, 3.8) is 0 Å². The Morgan fingerprint density at radius 3 is 0.955 bits per heavy atom. The zero-order valence-corrected chi connectivity index (χ0v) is 41.2. The van der Waals surface area contributed by atoms with Crippen molar-refractivity contribution in [1.82, 2.24) is 0 Å². The highest BCUT2D eigenvalue weighted by Crippen LogP contribution is 2.38. The average molecular weight is 857 g/mol. The van der Waals surface area contributed by atoms with Gasteiger partial charge in [-0.3, -0.25) is 0 Å². The summed E-state index contributed by atoms with van der Waals surface area (Å²) in [4.78, 5) is 0. The van der Waals surface area contributed by atoms with Gasteiger partial charge in [0.25, 0.3) is 0 Å². The summed E-state index contributed by atoms with van der Waals surface area (Å²) in [7, 11) is 0. The molecule has 0 atom stereocenters. The van der Waals surface area contributed by atoms with E-state index in [-0.39, 0.29) is 0 Å². The van der Waals surface area contributed by atoms with Gasteiger partial charge in [0, 0.05) is 0 Å². The molecule has 0 aromatic heterocycles. The van der Waals surface area contributed by atoms with Crippen LogP contribution < -0.4 is 0 Å². The van der Waals surface area contributed by atoms with E-state index in [0.29, 0.717) is 0 Å². The Hall–Kier alpha value is -7.02. The van der Waals surface area contributed by atoms with Crippen LogP contribution in [0.25, 0.3) is 58.4 Å². The van der Waals surface area contributed by atoms with E-state index < -0.39 is 0 Å². The first kappa shape index (κ1) is 45.5. The third kappa shape index (κ3) is 9.95. The summed E-state index contributed by atoms with van der Waals surface area (Å²) in [5.41, 5.74) is 30.6. The van der Waals surface area contributed by atoms with Gasteiger partial charge in [-0.25, -0.2) is 0 Å². The quantitative estimate of drug-likeness (QED) is 0.120. The van der Waals surface area contributed by atoms with Crippen LogP contribution in [-0.4, -0.2) is 0 Å². The number of hydrogen-bond donors (Lipinski definition) is 0. The highest BCUT2D eigenvalue weighted by atomic mass is 14.2. The number of rotatable bonds is 10. The van der Waals surface area contributed by atoms with E-state index in [1.807, 2.05) is 0 Å². The molecule has 8 aromatic carbocycles. The molecule has 0 aliphatic heterocycles. The lowest BCUT2D eigenvalue weighted by molar-refractivity contribution is 1.25. The highest BCUT2D eigenvalue weighted by Gasteiger charge is 2.18. The lowest BCUT2D eigenvalue weighted by atomic mass is 9.84. The third-order valence-electron chi connectivity index (χ3n) is 13.1. The first-order valence-electron chi connectivity index (χ1n) is 23.5. The lowest BCUT2D eigenvalue weighted by Crippen LogP contribution is -2.01. The van der Waals surface area contributed by atoms with Gasteiger partial charge in [-0.2, -0.15) is 0 Å². The zero-order valence-electron chi connectivity index (χ0n) is 41.2. The van der Waals surface area contributed by atoms with Crippen LogP contribution >= 0.6 is 0 Å². The number of fused-ring (bicyclic) bond motifs is 1. The molecule has 0 spiro atoms. The first-order chi connectivity index (χ1) is 31.6. The molecule has 0 saturated carbocycles. The maximum absolute atomic E-state index is 2.38. The van der Waals surface area contributed by atoms with Gasteiger partial charge >= 0.3 is 0 Å². The van der Waals surface area contributed by atoms with E-state index in [9.17, 15) is 0 Å². The van der Waals surface area contributed by atoms with Crippen molar-refractivity contribution in [2.24, 2.45) is 0 Å². The Morgan fingerprint density at radius 1 is 0.288 bits per heavy atom. The standard InChI is InChI=1S/C66H64/c1-41-29-45(5)63(46(6)30-41)61(64-47(7)31-42(2)32-48(64)8)39-55-22-17-53(18-23-55)21-26-57-37-58-15-13-14-16-60(58)59(38-57)28-27-54-19-24-56(25-20-54)40-62(65-49(9)33-43(3)34-50(65)10)66-51(11)35-44(4)36-52(66)12/h13-40H,1-12H3. The first-order valence-corrected chi connectivity index (χ1v) is 23.5. The molecule has 0 unspecified atom stereocenters. The number of hydrogen-bond acceptors (Lipinski definition) is 0. The molecule has 0 bridgehead atoms. The zero-order chi connectivity index (χ0) is 46.8. The van der Waals surface area contributed by atoms with Crippen LogP contribution in [0.3, 0.4) is 0 Å². The summed E-state index contributed by atoms with van der Waals surface area (Å²) in [6, 6.07) is 49.7. The van der Waals surface area contributed by atoms with Crippen LogP contribution in [0, 0.1) is 83.1 Å². The van der Waals surface area contributed by atoms with Gasteiger partial charge in [0.15, 0.2) is 0 Å². The maximum Gasteiger partial charge on any atom is -0.00948 e. The minimum Gasteiger partial charge on any atom is -0.0616 e. The van der Waals surface area contributed by atoms with Crippen molar-refractivity contribution in [3.8, 4) is 0 Å². The van der Waals surface area contributed by atoms with Crippen LogP contribution in [0.4, 0.5) is 0 Å². The second kappa shape index (κ2) is 19.2. The lowest BCUT2D eigenvalue weighted by Gasteiger charge is -2.20. The van der Waals surface area contributed by atoms with Gasteiger partial charge in [-0.05, 0) is 229 Å². The Balaban J connectivity index is 1.08. The van der Waals surface area contributed by atoms with Gasteiger partial charge < -0.3 is 0 Å². The van der Waals surface area contributed by atoms with Crippen LogP contribution in [0.1, 0.15) is 122 Å². The Morgan fingerprint density at radius 2 is 0.591 bits per heavy atom. The fourth-order valence-corrected chi connectivity index (χ4v) is 10.7. The van der Waals surface area contributed by atoms with Crippen molar-refractivity contribution in [2.75, 3.05) is 0 Å². The van der Waals surface area contributed by atoms with Crippen molar-refractivity contribution >= 4 is 58.4 Å². The topological polar surface area (TPSA) is 0 Å². The molecule has 8 rings (SSSR count). The molecular formula is C66H64. The van der Waals surface area contributed by atoms with Crippen LogP contribution in [0.2, 0.25) is 0 Å². The van der Waals surface area contributed by atoms with Crippen LogP contribution in [0.15, 0.2) is 133 Å². The molecule has 0 aliphatic rings. The Bertz CT molecular complexity index is 3050. The fourth-order valence-electron chi connectivity index (χ4n) is 10.7. The van der Waals surface area contributed by atoms with Gasteiger partial charge in [-0.1, -0.05) is 168 Å². The van der Waals surface area contributed by atoms with E-state index in [2.05, 4.69) is 253 Å². The van der Waals surface area contributed by atoms with Gasteiger partial charge in [0.2, 0.25) is 0 Å². The normalized spacial score (nSPS) is 11.5. The van der Waals surface area contributed by atoms with Crippen molar-refractivity contribution in [1.29, 1.82) is 0 Å². The Kier molecular flexibility index (Phi) is 13.3. The summed E-state index contributed by atoms with van der Waals surface area (Å²) in [6.07, 6.45) is 13.7. The molecule has 0 heteroatoms. The van der Waals surface area contributed by atoms with Gasteiger partial charge in [0.1, 0.15) is 0 Å². The SMILES string of the molecule is Cc1cc(C)c(C(=Cc2ccc(C=Cc3cc(C=Cc4ccc(C=C(c5c(C)cc(C)cc5C)c5c(C)cc(C)cc5C)cc4)c4ccccc4c3)cc2)c2c(C)cc(C)cc2C)c(C)c1. The molecule has 0 saturated heterocycles. The van der Waals surface area contributed by atoms with E-state index >= 15 is 0 Å². The molecule has 0 heterocycles. The summed E-state index contributed by atoms with van der Waals surface area (Å²) >= 11 is 0. The molecule has 328 valence electrons. The van der Waals surface area contributed by atoms with Gasteiger partial charge in [-0.15, -0.1) is 0 Å². The molecule has 0 nitrogen and oxygen atoms in total. The summed E-state index contributed by atoms with van der Waals surface area (Å²) in [5, 5.41) is 2.47. The largest absolute Gasteiger partial charge is 0.0616 e. The molecule has 0 fully saturated rings. The molecule has 0 aliphatic carbocycles. The summed E-state index contributed by atoms with van der Waals surface area (Å²) in [5.74, 6) is 0. The molecule has 8 aromatic rings. The van der Waals surface area contributed by atoms with Crippen molar-refractivity contribution < 1.29 is 0 Å². The number of benzene rings is 8. The molecule has 0 radical (unpaired) electrons. The second-order valence-electron chi connectivity index (χ2n) is 19.0. The highest BCUT2D eigenvalue weighted by molar-refractivity contribution is 5.98. The van der Waals surface area contributed by atoms with Gasteiger partial charge in [0.05, 0.1) is 0 Å². The molecule has 0 amide bonds. The average Bonchev–Trinajstić information content (AvgIpc) is 3.24. The Labute approximate surface area is 395 Å². The fraction of sp³-hybridized carbons (Fsp3) is 0.182.